The predicted molar refractivity (Wildman–Crippen MR) is 176 cm³/mol. The molecule has 0 atom stereocenters. The Hall–Kier alpha value is -3.46. The van der Waals surface area contributed by atoms with E-state index in [1.807, 2.05) is 0 Å². The molecule has 0 saturated heterocycles. The molecule has 2 nitrogen and oxygen atoms in total. The zero-order chi connectivity index (χ0) is 29.1. The quantitative estimate of drug-likeness (QED) is 0.196. The van der Waals surface area contributed by atoms with E-state index in [2.05, 4.69) is 134 Å². The van der Waals surface area contributed by atoms with Gasteiger partial charge < -0.3 is 9.64 Å². The van der Waals surface area contributed by atoms with Crippen molar-refractivity contribution in [1.29, 1.82) is 0 Å². The SMILES string of the molecule is CC(C)(C)c1ccc2c(c1)B1c3cc(C(C)(C)C)ccc3N(c3ccc(C(C)(C)C)c4c3CC4)c3cccc(c31)O2. The maximum Gasteiger partial charge on any atom is 0.256 e. The summed E-state index contributed by atoms with van der Waals surface area (Å²) in [7, 11) is 0. The molecule has 2 aliphatic heterocycles. The number of anilines is 3. The lowest BCUT2D eigenvalue weighted by Crippen LogP contribution is -2.60. The molecule has 0 aromatic heterocycles. The summed E-state index contributed by atoms with van der Waals surface area (Å²) in [6.45, 7) is 21.0. The van der Waals surface area contributed by atoms with E-state index in [9.17, 15) is 0 Å². The van der Waals surface area contributed by atoms with E-state index in [4.69, 9.17) is 4.74 Å². The minimum Gasteiger partial charge on any atom is -0.458 e. The van der Waals surface area contributed by atoms with Crippen LogP contribution in [0.1, 0.15) is 90.1 Å². The maximum atomic E-state index is 6.69. The van der Waals surface area contributed by atoms with Gasteiger partial charge in [0.15, 0.2) is 0 Å². The van der Waals surface area contributed by atoms with Crippen LogP contribution in [0.15, 0.2) is 66.7 Å². The van der Waals surface area contributed by atoms with Crippen molar-refractivity contribution < 1.29 is 4.74 Å². The van der Waals surface area contributed by atoms with E-state index in [-0.39, 0.29) is 23.0 Å². The highest BCUT2D eigenvalue weighted by atomic mass is 16.5. The molecule has 3 heteroatoms. The molecule has 0 fully saturated rings. The molecule has 3 aliphatic rings. The number of hydrogen-bond donors (Lipinski definition) is 0. The zero-order valence-corrected chi connectivity index (χ0v) is 26.2. The molecule has 0 radical (unpaired) electrons. The van der Waals surface area contributed by atoms with Crippen LogP contribution >= 0.6 is 0 Å². The van der Waals surface area contributed by atoms with E-state index < -0.39 is 0 Å². The standard InChI is InChI=1S/C38H42BNO/c1-36(2,3)23-13-18-31-28(21-23)39-29-22-24(37(4,5)6)14-20-33(29)41-34-12-10-11-32(35(34)39)40(31)30-19-17-27(38(7,8)9)25-15-16-26(25)30/h10-14,17-22H,15-16H2,1-9H3. The number of rotatable bonds is 1. The summed E-state index contributed by atoms with van der Waals surface area (Å²) in [6, 6.07) is 25.5. The molecule has 0 bridgehead atoms. The summed E-state index contributed by atoms with van der Waals surface area (Å²) in [4.78, 5) is 2.55. The van der Waals surface area contributed by atoms with Crippen LogP contribution in [0.25, 0.3) is 0 Å². The second-order valence-electron chi connectivity index (χ2n) is 15.4. The van der Waals surface area contributed by atoms with Gasteiger partial charge in [-0.25, -0.2) is 0 Å². The first-order valence-corrected chi connectivity index (χ1v) is 15.3. The van der Waals surface area contributed by atoms with Gasteiger partial charge in [-0.05, 0) is 104 Å². The smallest absolute Gasteiger partial charge is 0.256 e. The molecule has 2 heterocycles. The molecule has 0 unspecified atom stereocenters. The van der Waals surface area contributed by atoms with E-state index in [1.54, 1.807) is 5.56 Å². The van der Waals surface area contributed by atoms with Crippen LogP contribution in [0, 0.1) is 0 Å². The predicted octanol–water partition coefficient (Wildman–Crippen LogP) is 8.08. The molecular formula is C38H42BNO. The maximum absolute atomic E-state index is 6.69. The Morgan fingerprint density at radius 3 is 1.85 bits per heavy atom. The minimum atomic E-state index is 0.0546. The molecule has 41 heavy (non-hydrogen) atoms. The molecule has 0 amide bonds. The third-order valence-electron chi connectivity index (χ3n) is 9.51. The molecule has 208 valence electrons. The van der Waals surface area contributed by atoms with Crippen LogP contribution < -0.4 is 26.0 Å². The van der Waals surface area contributed by atoms with Crippen LogP contribution in [-0.4, -0.2) is 6.71 Å². The minimum absolute atomic E-state index is 0.0546. The van der Waals surface area contributed by atoms with Crippen LogP contribution in [0.5, 0.6) is 11.5 Å². The van der Waals surface area contributed by atoms with Crippen molar-refractivity contribution in [3.63, 3.8) is 0 Å². The van der Waals surface area contributed by atoms with Crippen LogP contribution in [-0.2, 0) is 29.1 Å². The number of benzene rings is 4. The Morgan fingerprint density at radius 2 is 1.22 bits per heavy atom. The summed E-state index contributed by atoms with van der Waals surface area (Å²) in [5.41, 5.74) is 15.3. The van der Waals surface area contributed by atoms with Crippen molar-refractivity contribution in [3.8, 4) is 11.5 Å². The molecule has 0 spiro atoms. The first kappa shape index (κ1) is 26.4. The summed E-state index contributed by atoms with van der Waals surface area (Å²) in [5.74, 6) is 1.96. The third kappa shape index (κ3) is 3.99. The molecule has 4 aromatic rings. The van der Waals surface area contributed by atoms with Gasteiger partial charge in [0.2, 0.25) is 0 Å². The Kier molecular flexibility index (Phi) is 5.51. The average molecular weight is 540 g/mol. The normalized spacial score (nSPS) is 15.3. The van der Waals surface area contributed by atoms with Crippen LogP contribution in [0.3, 0.4) is 0 Å². The van der Waals surface area contributed by atoms with Gasteiger partial charge in [-0.15, -0.1) is 0 Å². The van der Waals surface area contributed by atoms with Gasteiger partial charge in [-0.2, -0.15) is 0 Å². The van der Waals surface area contributed by atoms with Gasteiger partial charge >= 0.3 is 0 Å². The van der Waals surface area contributed by atoms with Gasteiger partial charge in [0, 0.05) is 17.1 Å². The number of hydrogen-bond acceptors (Lipinski definition) is 2. The molecular weight excluding hydrogens is 497 g/mol. The summed E-state index contributed by atoms with van der Waals surface area (Å²) in [5, 5.41) is 0. The van der Waals surface area contributed by atoms with E-state index in [1.165, 1.54) is 62.1 Å². The van der Waals surface area contributed by atoms with E-state index in [0.29, 0.717) is 0 Å². The summed E-state index contributed by atoms with van der Waals surface area (Å²) >= 11 is 0. The first-order valence-electron chi connectivity index (χ1n) is 15.3. The highest BCUT2D eigenvalue weighted by molar-refractivity contribution is 6.99. The van der Waals surface area contributed by atoms with Crippen LogP contribution in [0.2, 0.25) is 0 Å². The number of fused-ring (bicyclic) bond motifs is 5. The number of ether oxygens (including phenoxy) is 1. The van der Waals surface area contributed by atoms with Crippen molar-refractivity contribution in [2.75, 3.05) is 4.90 Å². The van der Waals surface area contributed by atoms with Gasteiger partial charge in [0.1, 0.15) is 11.5 Å². The lowest BCUT2D eigenvalue weighted by atomic mass is 9.34. The van der Waals surface area contributed by atoms with Gasteiger partial charge in [-0.3, -0.25) is 0 Å². The van der Waals surface area contributed by atoms with Crippen LogP contribution in [0.4, 0.5) is 17.1 Å². The second kappa shape index (κ2) is 8.54. The molecule has 7 rings (SSSR count). The highest BCUT2D eigenvalue weighted by Gasteiger charge is 2.43. The monoisotopic (exact) mass is 539 g/mol. The van der Waals surface area contributed by atoms with Crippen molar-refractivity contribution in [2.45, 2.75) is 91.4 Å². The average Bonchev–Trinajstić information content (AvgIpc) is 2.86. The fraction of sp³-hybridized carbons (Fsp3) is 0.368. The van der Waals surface area contributed by atoms with Crippen molar-refractivity contribution in [1.82, 2.24) is 0 Å². The topological polar surface area (TPSA) is 12.5 Å². The second-order valence-corrected chi connectivity index (χ2v) is 15.4. The Labute approximate surface area is 246 Å². The van der Waals surface area contributed by atoms with Gasteiger partial charge in [-0.1, -0.05) is 98.7 Å². The van der Waals surface area contributed by atoms with Gasteiger partial charge in [0.25, 0.3) is 6.71 Å². The third-order valence-corrected chi connectivity index (χ3v) is 9.51. The lowest BCUT2D eigenvalue weighted by molar-refractivity contribution is 0.486. The summed E-state index contributed by atoms with van der Waals surface area (Å²) in [6.07, 6.45) is 2.30. The van der Waals surface area contributed by atoms with Crippen molar-refractivity contribution in [2.24, 2.45) is 0 Å². The van der Waals surface area contributed by atoms with Crippen molar-refractivity contribution in [3.05, 3.63) is 94.5 Å². The fourth-order valence-electron chi connectivity index (χ4n) is 7.11. The number of nitrogens with zero attached hydrogens (tertiary/aromatic N) is 1. The lowest BCUT2D eigenvalue weighted by Gasteiger charge is -2.43. The van der Waals surface area contributed by atoms with Crippen molar-refractivity contribution >= 4 is 40.2 Å². The van der Waals surface area contributed by atoms with E-state index >= 15 is 0 Å². The Balaban J connectivity index is 1.52. The summed E-state index contributed by atoms with van der Waals surface area (Å²) < 4.78 is 6.69. The fourth-order valence-corrected chi connectivity index (χ4v) is 7.11. The largest absolute Gasteiger partial charge is 0.458 e. The zero-order valence-electron chi connectivity index (χ0n) is 26.2. The van der Waals surface area contributed by atoms with E-state index in [0.717, 1.165) is 17.9 Å². The highest BCUT2D eigenvalue weighted by Crippen LogP contribution is 2.47. The molecule has 0 N–H and O–H groups in total. The molecule has 1 aliphatic carbocycles. The first-order chi connectivity index (χ1) is 19.2. The Morgan fingerprint density at radius 1 is 0.585 bits per heavy atom. The Bertz CT molecular complexity index is 1730. The van der Waals surface area contributed by atoms with Gasteiger partial charge in [0.05, 0.1) is 0 Å². The molecule has 0 saturated carbocycles. The molecule has 4 aromatic carbocycles.